The summed E-state index contributed by atoms with van der Waals surface area (Å²) >= 11 is 6.04. The zero-order valence-electron chi connectivity index (χ0n) is 16.9. The minimum atomic E-state index is 0.0909. The molecule has 0 unspecified atom stereocenters. The molecule has 5 rings (SSSR count). The van der Waals surface area contributed by atoms with Gasteiger partial charge in [0.1, 0.15) is 11.6 Å². The molecule has 0 saturated carbocycles. The Morgan fingerprint density at radius 3 is 2.80 bits per heavy atom. The molecule has 1 saturated heterocycles. The van der Waals surface area contributed by atoms with Crippen LogP contribution in [0.5, 0.6) is 5.75 Å². The molecule has 0 spiro atoms. The lowest BCUT2D eigenvalue weighted by Crippen LogP contribution is -2.50. The maximum absolute atomic E-state index is 12.9. The van der Waals surface area contributed by atoms with Gasteiger partial charge >= 0.3 is 0 Å². The van der Waals surface area contributed by atoms with E-state index in [2.05, 4.69) is 28.1 Å². The monoisotopic (exact) mass is 421 g/mol. The Hall–Kier alpha value is -2.79. The molecule has 0 amide bonds. The first-order valence-corrected chi connectivity index (χ1v) is 10.7. The molecule has 2 aliphatic heterocycles. The Morgan fingerprint density at radius 1 is 1.13 bits per heavy atom. The van der Waals surface area contributed by atoms with Crippen molar-refractivity contribution in [2.24, 2.45) is 5.92 Å². The van der Waals surface area contributed by atoms with Crippen LogP contribution in [0.15, 0.2) is 65.6 Å². The number of rotatable bonds is 4. The molecule has 0 aliphatic carbocycles. The fraction of sp³-hybridized carbons (Fsp3) is 0.333. The van der Waals surface area contributed by atoms with Crippen LogP contribution in [0.25, 0.3) is 0 Å². The van der Waals surface area contributed by atoms with Crippen molar-refractivity contribution in [1.82, 2.24) is 9.55 Å². The third kappa shape index (κ3) is 3.47. The maximum atomic E-state index is 12.9. The summed E-state index contributed by atoms with van der Waals surface area (Å²) in [5, 5.41) is 0.642. The number of pyridine rings is 2. The van der Waals surface area contributed by atoms with Crippen molar-refractivity contribution < 1.29 is 4.74 Å². The minimum absolute atomic E-state index is 0.0909. The second-order valence-electron chi connectivity index (χ2n) is 8.21. The lowest BCUT2D eigenvalue weighted by atomic mass is 9.76. The van der Waals surface area contributed by atoms with Gasteiger partial charge in [-0.2, -0.15) is 0 Å². The second-order valence-corrected chi connectivity index (χ2v) is 8.65. The number of nitrogens with zero attached hydrogens (tertiary/aromatic N) is 3. The Morgan fingerprint density at radius 2 is 2.00 bits per heavy atom. The molecule has 154 valence electrons. The van der Waals surface area contributed by atoms with Crippen LogP contribution in [0.3, 0.4) is 0 Å². The third-order valence-corrected chi connectivity index (χ3v) is 6.64. The summed E-state index contributed by atoms with van der Waals surface area (Å²) in [6, 6.07) is 17.8. The molecule has 3 aromatic rings. The van der Waals surface area contributed by atoms with E-state index in [0.717, 1.165) is 43.2 Å². The Kier molecular flexibility index (Phi) is 4.99. The Bertz CT molecular complexity index is 1110. The minimum Gasteiger partial charge on any atom is -0.497 e. The van der Waals surface area contributed by atoms with E-state index in [1.165, 1.54) is 5.56 Å². The van der Waals surface area contributed by atoms with Crippen LogP contribution in [0.4, 0.5) is 5.82 Å². The molecule has 2 aliphatic rings. The highest BCUT2D eigenvalue weighted by Gasteiger charge is 2.40. The summed E-state index contributed by atoms with van der Waals surface area (Å²) < 4.78 is 7.45. The van der Waals surface area contributed by atoms with Crippen molar-refractivity contribution in [3.05, 3.63) is 87.4 Å². The van der Waals surface area contributed by atoms with Gasteiger partial charge in [-0.15, -0.1) is 0 Å². The predicted molar refractivity (Wildman–Crippen MR) is 119 cm³/mol. The van der Waals surface area contributed by atoms with Gasteiger partial charge in [-0.1, -0.05) is 29.8 Å². The van der Waals surface area contributed by atoms with Gasteiger partial charge in [-0.05, 0) is 54.7 Å². The van der Waals surface area contributed by atoms with Crippen molar-refractivity contribution in [1.29, 1.82) is 0 Å². The van der Waals surface area contributed by atoms with Gasteiger partial charge in [0.15, 0.2) is 0 Å². The summed E-state index contributed by atoms with van der Waals surface area (Å²) in [4.78, 5) is 19.8. The number of benzene rings is 1. The van der Waals surface area contributed by atoms with E-state index >= 15 is 0 Å². The fourth-order valence-electron chi connectivity index (χ4n) is 5.09. The number of ether oxygens (including phenoxy) is 1. The highest BCUT2D eigenvalue weighted by atomic mass is 35.5. The molecule has 3 atom stereocenters. The van der Waals surface area contributed by atoms with E-state index in [1.54, 1.807) is 19.4 Å². The topological polar surface area (TPSA) is 47.4 Å². The molecule has 5 nitrogen and oxygen atoms in total. The van der Waals surface area contributed by atoms with Crippen molar-refractivity contribution in [2.75, 3.05) is 25.1 Å². The Balaban J connectivity index is 1.53. The quantitative estimate of drug-likeness (QED) is 0.629. The van der Waals surface area contributed by atoms with E-state index < -0.39 is 0 Å². The molecule has 1 aromatic carbocycles. The third-order valence-electron chi connectivity index (χ3n) is 6.41. The van der Waals surface area contributed by atoms with Crippen molar-refractivity contribution in [3.8, 4) is 5.75 Å². The SMILES string of the molecule is COc1cccc(C[C@H]2[C@H]3C[C@H](CN(c4ccc(Cl)cn4)C3)c3cccc(=O)n32)c1. The molecule has 30 heavy (non-hydrogen) atoms. The van der Waals surface area contributed by atoms with Gasteiger partial charge in [0.25, 0.3) is 5.56 Å². The zero-order chi connectivity index (χ0) is 20.7. The Labute approximate surface area is 180 Å². The van der Waals surface area contributed by atoms with Crippen molar-refractivity contribution in [3.63, 3.8) is 0 Å². The highest BCUT2D eigenvalue weighted by Crippen LogP contribution is 2.43. The summed E-state index contributed by atoms with van der Waals surface area (Å²) in [6.07, 6.45) is 3.59. The number of hydrogen-bond acceptors (Lipinski definition) is 4. The standard InChI is InChI=1S/C24H24ClN3O2/c1-30-20-5-2-4-16(10-20)11-22-18-12-17(21-6-3-7-24(29)28(21)22)14-27(15-18)23-9-8-19(25)13-26-23/h2-10,13,17-18,22H,11-12,14-15H2,1H3/t17-,18+,22+/m1/s1. The average Bonchev–Trinajstić information content (AvgIpc) is 2.77. The van der Waals surface area contributed by atoms with Gasteiger partial charge in [-0.25, -0.2) is 4.98 Å². The first-order valence-electron chi connectivity index (χ1n) is 10.3. The smallest absolute Gasteiger partial charge is 0.251 e. The largest absolute Gasteiger partial charge is 0.497 e. The van der Waals surface area contributed by atoms with Gasteiger partial charge in [0, 0.05) is 43.0 Å². The van der Waals surface area contributed by atoms with Gasteiger partial charge in [0.05, 0.1) is 12.1 Å². The van der Waals surface area contributed by atoms with Crippen LogP contribution in [0.1, 0.15) is 29.6 Å². The summed E-state index contributed by atoms with van der Waals surface area (Å²) in [6.45, 7) is 1.74. The number of anilines is 1. The highest BCUT2D eigenvalue weighted by molar-refractivity contribution is 6.30. The lowest BCUT2D eigenvalue weighted by Gasteiger charge is -2.47. The summed E-state index contributed by atoms with van der Waals surface area (Å²) in [5.74, 6) is 2.47. The van der Waals surface area contributed by atoms with E-state index in [-0.39, 0.29) is 11.6 Å². The maximum Gasteiger partial charge on any atom is 0.251 e. The molecular weight excluding hydrogens is 398 g/mol. The molecule has 6 heteroatoms. The van der Waals surface area contributed by atoms with Gasteiger partial charge in [0.2, 0.25) is 0 Å². The molecule has 0 N–H and O–H groups in total. The average molecular weight is 422 g/mol. The number of hydrogen-bond donors (Lipinski definition) is 0. The van der Waals surface area contributed by atoms with Crippen LogP contribution >= 0.6 is 11.6 Å². The molecule has 0 radical (unpaired) electrons. The number of halogens is 1. The summed E-state index contributed by atoms with van der Waals surface area (Å²) in [5.41, 5.74) is 2.40. The molecule has 1 fully saturated rings. The van der Waals surface area contributed by atoms with E-state index in [4.69, 9.17) is 16.3 Å². The predicted octanol–water partition coefficient (Wildman–Crippen LogP) is 4.31. The van der Waals surface area contributed by atoms with E-state index in [0.29, 0.717) is 16.9 Å². The molecular formula is C24H24ClN3O2. The zero-order valence-corrected chi connectivity index (χ0v) is 17.6. The number of methoxy groups -OCH3 is 1. The van der Waals surface area contributed by atoms with Gasteiger partial charge in [-0.3, -0.25) is 4.79 Å². The van der Waals surface area contributed by atoms with E-state index in [9.17, 15) is 4.79 Å². The van der Waals surface area contributed by atoms with Crippen LogP contribution in [0, 0.1) is 5.92 Å². The summed E-state index contributed by atoms with van der Waals surface area (Å²) in [7, 11) is 1.68. The van der Waals surface area contributed by atoms with Crippen LogP contribution in [-0.2, 0) is 6.42 Å². The van der Waals surface area contributed by atoms with Crippen molar-refractivity contribution in [2.45, 2.75) is 24.8 Å². The van der Waals surface area contributed by atoms with Gasteiger partial charge < -0.3 is 14.2 Å². The first kappa shape index (κ1) is 19.2. The molecule has 2 aromatic heterocycles. The van der Waals surface area contributed by atoms with Crippen LogP contribution in [-0.4, -0.2) is 29.8 Å². The number of piperidine rings is 1. The van der Waals surface area contributed by atoms with Crippen LogP contribution < -0.4 is 15.2 Å². The lowest BCUT2D eigenvalue weighted by molar-refractivity contribution is 0.211. The van der Waals surface area contributed by atoms with E-state index in [1.807, 2.05) is 34.9 Å². The van der Waals surface area contributed by atoms with Crippen LogP contribution in [0.2, 0.25) is 5.02 Å². The van der Waals surface area contributed by atoms with Crippen molar-refractivity contribution >= 4 is 17.4 Å². The molecule has 2 bridgehead atoms. The number of fused-ring (bicyclic) bond motifs is 4. The molecule has 4 heterocycles. The second kappa shape index (κ2) is 7.80. The number of aromatic nitrogens is 2. The fourth-order valence-corrected chi connectivity index (χ4v) is 5.20. The normalized spacial score (nSPS) is 22.5. The first-order chi connectivity index (χ1) is 14.6.